The summed E-state index contributed by atoms with van der Waals surface area (Å²) in [4.78, 5) is 12.9. The molecule has 0 unspecified atom stereocenters. The zero-order chi connectivity index (χ0) is 16.2. The molecule has 1 aliphatic rings. The van der Waals surface area contributed by atoms with E-state index in [9.17, 15) is 4.79 Å². The van der Waals surface area contributed by atoms with Crippen LogP contribution in [0.4, 0.5) is 0 Å². The van der Waals surface area contributed by atoms with Crippen LogP contribution in [0, 0.1) is 5.92 Å². The van der Waals surface area contributed by atoms with Crippen molar-refractivity contribution in [2.24, 2.45) is 5.92 Å². The largest absolute Gasteiger partial charge is 0.489 e. The molecule has 1 saturated heterocycles. The molecule has 0 aromatic heterocycles. The first kappa shape index (κ1) is 16.0. The maximum absolute atomic E-state index is 10.8. The monoisotopic (exact) mass is 375 g/mol. The summed E-state index contributed by atoms with van der Waals surface area (Å²) in [5.74, 6) is -0.0684. The molecule has 0 radical (unpaired) electrons. The van der Waals surface area contributed by atoms with Gasteiger partial charge in [0.25, 0.3) is 0 Å². The minimum Gasteiger partial charge on any atom is -0.489 e. The lowest BCUT2D eigenvalue weighted by atomic mass is 10.00. The third kappa shape index (κ3) is 4.33. The van der Waals surface area contributed by atoms with E-state index in [0.29, 0.717) is 19.7 Å². The zero-order valence-corrected chi connectivity index (χ0v) is 14.2. The van der Waals surface area contributed by atoms with Crippen LogP contribution in [-0.2, 0) is 17.9 Å². The van der Waals surface area contributed by atoms with Crippen molar-refractivity contribution in [3.63, 3.8) is 0 Å². The quantitative estimate of drug-likeness (QED) is 0.838. The molecule has 3 rings (SSSR count). The second-order valence-corrected chi connectivity index (χ2v) is 6.71. The average Bonchev–Trinajstić information content (AvgIpc) is 2.49. The van der Waals surface area contributed by atoms with Gasteiger partial charge in [-0.3, -0.25) is 9.69 Å². The van der Waals surface area contributed by atoms with Crippen molar-refractivity contribution in [3.05, 3.63) is 64.1 Å². The summed E-state index contributed by atoms with van der Waals surface area (Å²) in [6, 6.07) is 16.0. The van der Waals surface area contributed by atoms with E-state index in [2.05, 4.69) is 20.8 Å². The Morgan fingerprint density at radius 3 is 2.57 bits per heavy atom. The highest BCUT2D eigenvalue weighted by atomic mass is 79.9. The van der Waals surface area contributed by atoms with E-state index in [1.807, 2.05) is 48.5 Å². The topological polar surface area (TPSA) is 49.8 Å². The maximum atomic E-state index is 10.8. The van der Waals surface area contributed by atoms with Crippen molar-refractivity contribution in [2.75, 3.05) is 13.1 Å². The number of ether oxygens (including phenoxy) is 1. The van der Waals surface area contributed by atoms with E-state index in [4.69, 9.17) is 9.84 Å². The molecule has 0 aliphatic carbocycles. The summed E-state index contributed by atoms with van der Waals surface area (Å²) in [6.45, 7) is 2.59. The van der Waals surface area contributed by atoms with Gasteiger partial charge in [0.1, 0.15) is 12.4 Å². The van der Waals surface area contributed by atoms with Gasteiger partial charge in [0.05, 0.1) is 5.92 Å². The first-order valence-corrected chi connectivity index (χ1v) is 8.31. The predicted molar refractivity (Wildman–Crippen MR) is 91.3 cm³/mol. The van der Waals surface area contributed by atoms with Crippen LogP contribution in [0.25, 0.3) is 0 Å². The van der Waals surface area contributed by atoms with Crippen molar-refractivity contribution in [1.29, 1.82) is 0 Å². The molecule has 23 heavy (non-hydrogen) atoms. The van der Waals surface area contributed by atoms with E-state index >= 15 is 0 Å². The lowest BCUT2D eigenvalue weighted by molar-refractivity contribution is -0.147. The SMILES string of the molecule is O=C(O)C1CN(Cc2ccc(OCc3cccc(Br)c3)cc2)C1. The molecule has 120 valence electrons. The number of nitrogens with zero attached hydrogens (tertiary/aromatic N) is 1. The lowest BCUT2D eigenvalue weighted by Crippen LogP contribution is -2.49. The number of carboxylic acid groups (broad SMARTS) is 1. The summed E-state index contributed by atoms with van der Waals surface area (Å²) in [5, 5.41) is 8.88. The van der Waals surface area contributed by atoms with Crippen molar-refractivity contribution in [1.82, 2.24) is 4.90 Å². The summed E-state index contributed by atoms with van der Waals surface area (Å²) in [7, 11) is 0. The molecule has 4 nitrogen and oxygen atoms in total. The molecule has 0 atom stereocenters. The highest BCUT2D eigenvalue weighted by Gasteiger charge is 2.31. The smallest absolute Gasteiger partial charge is 0.309 e. The van der Waals surface area contributed by atoms with Gasteiger partial charge in [-0.2, -0.15) is 0 Å². The Morgan fingerprint density at radius 1 is 1.17 bits per heavy atom. The van der Waals surface area contributed by atoms with Gasteiger partial charge in [0.15, 0.2) is 0 Å². The first-order valence-electron chi connectivity index (χ1n) is 7.51. The van der Waals surface area contributed by atoms with E-state index in [1.165, 1.54) is 5.56 Å². The number of likely N-dealkylation sites (tertiary alicyclic amines) is 1. The molecule has 0 bridgehead atoms. The van der Waals surface area contributed by atoms with Crippen LogP contribution in [0.3, 0.4) is 0 Å². The molecule has 2 aromatic rings. The summed E-state index contributed by atoms with van der Waals surface area (Å²) < 4.78 is 6.83. The van der Waals surface area contributed by atoms with E-state index < -0.39 is 5.97 Å². The van der Waals surface area contributed by atoms with E-state index in [1.54, 1.807) is 0 Å². The summed E-state index contributed by atoms with van der Waals surface area (Å²) in [5.41, 5.74) is 2.28. The van der Waals surface area contributed by atoms with Gasteiger partial charge in [-0.05, 0) is 35.4 Å². The van der Waals surface area contributed by atoms with Crippen molar-refractivity contribution in [2.45, 2.75) is 13.2 Å². The van der Waals surface area contributed by atoms with Crippen LogP contribution in [-0.4, -0.2) is 29.1 Å². The molecule has 0 amide bonds. The van der Waals surface area contributed by atoms with Crippen LogP contribution in [0.15, 0.2) is 53.0 Å². The highest BCUT2D eigenvalue weighted by molar-refractivity contribution is 9.10. The van der Waals surface area contributed by atoms with Gasteiger partial charge in [0.2, 0.25) is 0 Å². The normalized spacial score (nSPS) is 15.2. The second-order valence-electron chi connectivity index (χ2n) is 5.79. The third-order valence-electron chi connectivity index (χ3n) is 3.93. The maximum Gasteiger partial charge on any atom is 0.309 e. The van der Waals surface area contributed by atoms with Crippen molar-refractivity contribution in [3.8, 4) is 5.75 Å². The predicted octanol–water partition coefficient (Wildman–Crippen LogP) is 3.54. The zero-order valence-electron chi connectivity index (χ0n) is 12.6. The Balaban J connectivity index is 1.48. The van der Waals surface area contributed by atoms with Gasteiger partial charge in [-0.15, -0.1) is 0 Å². The Kier molecular flexibility index (Phi) is 4.98. The van der Waals surface area contributed by atoms with E-state index in [-0.39, 0.29) is 5.92 Å². The van der Waals surface area contributed by atoms with Gasteiger partial charge >= 0.3 is 5.97 Å². The van der Waals surface area contributed by atoms with Gasteiger partial charge in [-0.1, -0.05) is 40.2 Å². The third-order valence-corrected chi connectivity index (χ3v) is 4.42. The first-order chi connectivity index (χ1) is 11.1. The standard InChI is InChI=1S/C18H18BrNO3/c19-16-3-1-2-14(8-16)12-23-17-6-4-13(5-7-17)9-20-10-15(11-20)18(21)22/h1-8,15H,9-12H2,(H,21,22). The second kappa shape index (κ2) is 7.15. The number of carboxylic acids is 1. The fourth-order valence-corrected chi connectivity index (χ4v) is 3.04. The lowest BCUT2D eigenvalue weighted by Gasteiger charge is -2.36. The summed E-state index contributed by atoms with van der Waals surface area (Å²) >= 11 is 3.45. The number of halogens is 1. The van der Waals surface area contributed by atoms with Crippen molar-refractivity contribution < 1.29 is 14.6 Å². The van der Waals surface area contributed by atoms with E-state index in [0.717, 1.165) is 22.3 Å². The van der Waals surface area contributed by atoms with Gasteiger partial charge < -0.3 is 9.84 Å². The Bertz CT molecular complexity index is 681. The van der Waals surface area contributed by atoms with Crippen LogP contribution in [0.2, 0.25) is 0 Å². The number of hydrogen-bond donors (Lipinski definition) is 1. The Labute approximate surface area is 143 Å². The number of benzene rings is 2. The van der Waals surface area contributed by atoms with Gasteiger partial charge in [-0.25, -0.2) is 0 Å². The molecule has 0 saturated carbocycles. The van der Waals surface area contributed by atoms with Crippen LogP contribution >= 0.6 is 15.9 Å². The van der Waals surface area contributed by atoms with Crippen LogP contribution in [0.5, 0.6) is 5.75 Å². The summed E-state index contributed by atoms with van der Waals surface area (Å²) in [6.07, 6.45) is 0. The van der Waals surface area contributed by atoms with Crippen molar-refractivity contribution >= 4 is 21.9 Å². The van der Waals surface area contributed by atoms with Gasteiger partial charge in [0, 0.05) is 24.1 Å². The van der Waals surface area contributed by atoms with Crippen LogP contribution in [0.1, 0.15) is 11.1 Å². The minimum atomic E-state index is -0.697. The molecule has 5 heteroatoms. The number of carbonyl (C=O) groups is 1. The minimum absolute atomic E-state index is 0.206. The molecular weight excluding hydrogens is 358 g/mol. The molecule has 2 aromatic carbocycles. The Morgan fingerprint density at radius 2 is 1.91 bits per heavy atom. The Hall–Kier alpha value is -1.85. The van der Waals surface area contributed by atoms with Crippen LogP contribution < -0.4 is 4.74 Å². The molecule has 0 spiro atoms. The molecule has 1 aliphatic heterocycles. The average molecular weight is 376 g/mol. The number of hydrogen-bond acceptors (Lipinski definition) is 3. The fourth-order valence-electron chi connectivity index (χ4n) is 2.60. The fraction of sp³-hybridized carbons (Fsp3) is 0.278. The molecule has 1 N–H and O–H groups in total. The molecule has 1 heterocycles. The number of rotatable bonds is 6. The number of aliphatic carboxylic acids is 1. The molecule has 1 fully saturated rings. The highest BCUT2D eigenvalue weighted by Crippen LogP contribution is 2.21. The molecular formula is C18H18BrNO3.